The molecule has 1 atom stereocenters. The van der Waals surface area contributed by atoms with Crippen molar-refractivity contribution in [1.29, 1.82) is 0 Å². The molecule has 0 amide bonds. The predicted molar refractivity (Wildman–Crippen MR) is 66.4 cm³/mol. The van der Waals surface area contributed by atoms with Crippen LogP contribution in [0, 0.1) is 6.92 Å². The van der Waals surface area contributed by atoms with E-state index in [0.29, 0.717) is 0 Å². The van der Waals surface area contributed by atoms with Gasteiger partial charge in [-0.1, -0.05) is 0 Å². The summed E-state index contributed by atoms with van der Waals surface area (Å²) in [6, 6.07) is 2.01. The van der Waals surface area contributed by atoms with Crippen LogP contribution in [0.3, 0.4) is 0 Å². The lowest BCUT2D eigenvalue weighted by molar-refractivity contribution is -0.137. The molecule has 1 unspecified atom stereocenters. The van der Waals surface area contributed by atoms with Crippen LogP contribution in [0.1, 0.15) is 28.6 Å². The molecule has 4 nitrogen and oxygen atoms in total. The molecule has 0 aliphatic rings. The Hall–Kier alpha value is -1.62. The van der Waals surface area contributed by atoms with Gasteiger partial charge in [0.2, 0.25) is 0 Å². The van der Waals surface area contributed by atoms with E-state index in [4.69, 9.17) is 5.11 Å². The third-order valence-electron chi connectivity index (χ3n) is 2.77. The second-order valence-corrected chi connectivity index (χ2v) is 4.96. The molecule has 0 radical (unpaired) electrons. The SMILES string of the molecule is Cc1ccsc1C(CC(=O)O)c1nccn1C. The van der Waals surface area contributed by atoms with Gasteiger partial charge in [0.25, 0.3) is 0 Å². The number of imidazole rings is 1. The van der Waals surface area contributed by atoms with E-state index in [-0.39, 0.29) is 12.3 Å². The first-order chi connectivity index (χ1) is 8.09. The lowest BCUT2D eigenvalue weighted by Gasteiger charge is -2.14. The van der Waals surface area contributed by atoms with Gasteiger partial charge in [0.1, 0.15) is 5.82 Å². The average Bonchev–Trinajstić information content (AvgIpc) is 2.84. The van der Waals surface area contributed by atoms with Gasteiger partial charge in [0.15, 0.2) is 0 Å². The van der Waals surface area contributed by atoms with Gasteiger partial charge < -0.3 is 9.67 Å². The number of aryl methyl sites for hydroxylation is 2. The topological polar surface area (TPSA) is 55.1 Å². The quantitative estimate of drug-likeness (QED) is 0.906. The molecule has 0 aliphatic carbocycles. The first-order valence-electron chi connectivity index (χ1n) is 5.32. The van der Waals surface area contributed by atoms with Crippen molar-refractivity contribution in [2.75, 3.05) is 0 Å². The summed E-state index contributed by atoms with van der Waals surface area (Å²) >= 11 is 1.59. The minimum atomic E-state index is -0.800. The van der Waals surface area contributed by atoms with E-state index >= 15 is 0 Å². The lowest BCUT2D eigenvalue weighted by Crippen LogP contribution is -2.12. The van der Waals surface area contributed by atoms with Crippen LogP contribution in [-0.2, 0) is 11.8 Å². The molecule has 90 valence electrons. The minimum Gasteiger partial charge on any atom is -0.481 e. The van der Waals surface area contributed by atoms with Crippen molar-refractivity contribution in [3.05, 3.63) is 40.1 Å². The van der Waals surface area contributed by atoms with Gasteiger partial charge in [-0.25, -0.2) is 4.98 Å². The van der Waals surface area contributed by atoms with E-state index in [9.17, 15) is 4.79 Å². The molecule has 0 fully saturated rings. The summed E-state index contributed by atoms with van der Waals surface area (Å²) in [5.74, 6) is -0.156. The number of aliphatic carboxylic acids is 1. The van der Waals surface area contributed by atoms with Crippen LogP contribution in [0.4, 0.5) is 0 Å². The number of rotatable bonds is 4. The number of thiophene rings is 1. The number of nitrogens with zero attached hydrogens (tertiary/aromatic N) is 2. The fourth-order valence-electron chi connectivity index (χ4n) is 1.93. The maximum atomic E-state index is 11.0. The second-order valence-electron chi connectivity index (χ2n) is 4.01. The Kier molecular flexibility index (Phi) is 3.28. The molecular formula is C12H14N2O2S. The fourth-order valence-corrected chi connectivity index (χ4v) is 2.96. The van der Waals surface area contributed by atoms with Gasteiger partial charge >= 0.3 is 5.97 Å². The van der Waals surface area contributed by atoms with Crippen molar-refractivity contribution in [1.82, 2.24) is 9.55 Å². The molecule has 0 saturated carbocycles. The summed E-state index contributed by atoms with van der Waals surface area (Å²) in [5, 5.41) is 11.0. The summed E-state index contributed by atoms with van der Waals surface area (Å²) in [7, 11) is 1.89. The summed E-state index contributed by atoms with van der Waals surface area (Å²) in [6.45, 7) is 2.00. The van der Waals surface area contributed by atoms with Gasteiger partial charge in [-0.05, 0) is 23.9 Å². The summed E-state index contributed by atoms with van der Waals surface area (Å²) in [4.78, 5) is 16.3. The molecule has 2 heterocycles. The molecule has 1 N–H and O–H groups in total. The Bertz CT molecular complexity index is 490. The minimum absolute atomic E-state index is 0.0756. The van der Waals surface area contributed by atoms with Crippen LogP contribution in [-0.4, -0.2) is 20.6 Å². The Balaban J connectivity index is 2.42. The largest absolute Gasteiger partial charge is 0.481 e. The summed E-state index contributed by atoms with van der Waals surface area (Å²) in [6.07, 6.45) is 3.62. The third kappa shape index (κ3) is 2.39. The van der Waals surface area contributed by atoms with Crippen LogP contribution >= 0.6 is 11.3 Å². The average molecular weight is 250 g/mol. The Morgan fingerprint density at radius 2 is 2.41 bits per heavy atom. The van der Waals surface area contributed by atoms with Gasteiger partial charge in [0, 0.05) is 24.3 Å². The first-order valence-corrected chi connectivity index (χ1v) is 6.20. The predicted octanol–water partition coefficient (Wildman–Crippen LogP) is 2.40. The van der Waals surface area contributed by atoms with Crippen molar-refractivity contribution in [3.8, 4) is 0 Å². The highest BCUT2D eigenvalue weighted by molar-refractivity contribution is 7.10. The van der Waals surface area contributed by atoms with Gasteiger partial charge in [-0.2, -0.15) is 0 Å². The van der Waals surface area contributed by atoms with Crippen molar-refractivity contribution in [2.45, 2.75) is 19.3 Å². The van der Waals surface area contributed by atoms with E-state index in [2.05, 4.69) is 4.98 Å². The molecule has 2 aromatic heterocycles. The summed E-state index contributed by atoms with van der Waals surface area (Å²) in [5.41, 5.74) is 1.13. The molecular weight excluding hydrogens is 236 g/mol. The number of carboxylic acid groups (broad SMARTS) is 1. The van der Waals surface area contributed by atoms with Crippen LogP contribution in [0.5, 0.6) is 0 Å². The van der Waals surface area contributed by atoms with Crippen molar-refractivity contribution in [3.63, 3.8) is 0 Å². The Labute approximate surface area is 104 Å². The normalized spacial score (nSPS) is 12.6. The third-order valence-corrected chi connectivity index (χ3v) is 3.90. The van der Waals surface area contributed by atoms with E-state index in [1.807, 2.05) is 36.2 Å². The molecule has 0 bridgehead atoms. The van der Waals surface area contributed by atoms with E-state index in [1.165, 1.54) is 0 Å². The molecule has 0 spiro atoms. The van der Waals surface area contributed by atoms with E-state index in [1.54, 1.807) is 17.5 Å². The van der Waals surface area contributed by atoms with Gasteiger partial charge in [0.05, 0.1) is 12.3 Å². The van der Waals surface area contributed by atoms with Crippen LogP contribution in [0.2, 0.25) is 0 Å². The number of carbonyl (C=O) groups is 1. The highest BCUT2D eigenvalue weighted by Gasteiger charge is 2.23. The van der Waals surface area contributed by atoms with Crippen molar-refractivity contribution in [2.24, 2.45) is 7.05 Å². The van der Waals surface area contributed by atoms with Crippen molar-refractivity contribution < 1.29 is 9.90 Å². The number of carboxylic acids is 1. The van der Waals surface area contributed by atoms with E-state index < -0.39 is 5.97 Å². The molecule has 2 aromatic rings. The Morgan fingerprint density at radius 1 is 1.65 bits per heavy atom. The summed E-state index contributed by atoms with van der Waals surface area (Å²) < 4.78 is 1.88. The van der Waals surface area contributed by atoms with Crippen LogP contribution < -0.4 is 0 Å². The lowest BCUT2D eigenvalue weighted by atomic mass is 10.00. The van der Waals surface area contributed by atoms with E-state index in [0.717, 1.165) is 16.3 Å². The zero-order valence-corrected chi connectivity index (χ0v) is 10.6. The Morgan fingerprint density at radius 3 is 2.88 bits per heavy atom. The number of aromatic nitrogens is 2. The zero-order chi connectivity index (χ0) is 12.4. The number of hydrogen-bond acceptors (Lipinski definition) is 3. The molecule has 0 saturated heterocycles. The maximum absolute atomic E-state index is 11.0. The zero-order valence-electron chi connectivity index (χ0n) is 9.75. The van der Waals surface area contributed by atoms with Crippen LogP contribution in [0.15, 0.2) is 23.8 Å². The molecule has 5 heteroatoms. The van der Waals surface area contributed by atoms with Crippen molar-refractivity contribution >= 4 is 17.3 Å². The smallest absolute Gasteiger partial charge is 0.304 e. The maximum Gasteiger partial charge on any atom is 0.304 e. The standard InChI is InChI=1S/C12H14N2O2S/c1-8-3-6-17-11(8)9(7-10(15)16)12-13-4-5-14(12)2/h3-6,9H,7H2,1-2H3,(H,15,16). The highest BCUT2D eigenvalue weighted by Crippen LogP contribution is 2.32. The number of hydrogen-bond donors (Lipinski definition) is 1. The van der Waals surface area contributed by atoms with Gasteiger partial charge in [-0.15, -0.1) is 11.3 Å². The van der Waals surface area contributed by atoms with Crippen LogP contribution in [0.25, 0.3) is 0 Å². The highest BCUT2D eigenvalue weighted by atomic mass is 32.1. The van der Waals surface area contributed by atoms with Gasteiger partial charge in [-0.3, -0.25) is 4.79 Å². The molecule has 0 aliphatic heterocycles. The molecule has 0 aromatic carbocycles. The fraction of sp³-hybridized carbons (Fsp3) is 0.333. The monoisotopic (exact) mass is 250 g/mol. The molecule has 2 rings (SSSR count). The first kappa shape index (κ1) is 11.9. The molecule has 17 heavy (non-hydrogen) atoms. The second kappa shape index (κ2) is 4.71.